The third kappa shape index (κ3) is 4.26. The van der Waals surface area contributed by atoms with Gasteiger partial charge in [-0.2, -0.15) is 0 Å². The zero-order valence-electron chi connectivity index (χ0n) is 11.4. The number of carbonyl (C=O) groups is 2. The molecule has 1 aromatic rings. The Morgan fingerprint density at radius 2 is 2.00 bits per heavy atom. The van der Waals surface area contributed by atoms with Gasteiger partial charge in [-0.25, -0.2) is 9.59 Å². The fraction of sp³-hybridized carbons (Fsp3) is 0.467. The van der Waals surface area contributed by atoms with Gasteiger partial charge in [0.2, 0.25) is 0 Å². The molecule has 0 atom stereocenters. The number of rotatable bonds is 4. The molecule has 0 heterocycles. The number of hydrogen-bond donors (Lipinski definition) is 2. The monoisotopic (exact) mass is 276 g/mol. The topological polar surface area (TPSA) is 81.4 Å². The Kier molecular flexibility index (Phi) is 4.98. The number of urea groups is 1. The second-order valence-corrected chi connectivity index (χ2v) is 5.17. The number of nitrogens with two attached hydrogens (primary N) is 1. The molecule has 2 amide bonds. The molecule has 2 rings (SSSR count). The lowest BCUT2D eigenvalue weighted by Gasteiger charge is -2.21. The lowest BCUT2D eigenvalue weighted by atomic mass is 9.90. The Labute approximate surface area is 118 Å². The highest BCUT2D eigenvalue weighted by Crippen LogP contribution is 2.24. The normalized spacial score (nSPS) is 15.6. The molecule has 1 aliphatic carbocycles. The van der Waals surface area contributed by atoms with Crippen molar-refractivity contribution in [2.75, 3.05) is 11.9 Å². The van der Waals surface area contributed by atoms with E-state index in [0.717, 1.165) is 12.8 Å². The van der Waals surface area contributed by atoms with Gasteiger partial charge in [-0.1, -0.05) is 25.3 Å². The van der Waals surface area contributed by atoms with Crippen LogP contribution in [-0.4, -0.2) is 18.6 Å². The van der Waals surface area contributed by atoms with Crippen LogP contribution in [0.2, 0.25) is 0 Å². The van der Waals surface area contributed by atoms with Crippen LogP contribution in [-0.2, 0) is 4.74 Å². The second-order valence-electron chi connectivity index (χ2n) is 5.17. The zero-order chi connectivity index (χ0) is 14.4. The van der Waals surface area contributed by atoms with Crippen molar-refractivity contribution in [3.05, 3.63) is 29.8 Å². The van der Waals surface area contributed by atoms with Gasteiger partial charge in [-0.05, 0) is 37.0 Å². The number of benzene rings is 1. The van der Waals surface area contributed by atoms with Crippen LogP contribution in [0.1, 0.15) is 42.5 Å². The van der Waals surface area contributed by atoms with Crippen LogP contribution in [0.25, 0.3) is 0 Å². The van der Waals surface area contributed by atoms with E-state index in [-0.39, 0.29) is 5.97 Å². The van der Waals surface area contributed by atoms with E-state index < -0.39 is 6.03 Å². The van der Waals surface area contributed by atoms with Crippen molar-refractivity contribution in [2.45, 2.75) is 32.1 Å². The minimum Gasteiger partial charge on any atom is -0.462 e. The third-order valence-electron chi connectivity index (χ3n) is 3.54. The van der Waals surface area contributed by atoms with Crippen LogP contribution >= 0.6 is 0 Å². The predicted octanol–water partition coefficient (Wildman–Crippen LogP) is 2.91. The van der Waals surface area contributed by atoms with Crippen molar-refractivity contribution in [3.8, 4) is 0 Å². The van der Waals surface area contributed by atoms with E-state index in [2.05, 4.69) is 5.32 Å². The summed E-state index contributed by atoms with van der Waals surface area (Å²) in [6, 6.07) is 5.92. The molecule has 1 aromatic carbocycles. The van der Waals surface area contributed by atoms with Gasteiger partial charge in [-0.3, -0.25) is 0 Å². The first kappa shape index (κ1) is 14.4. The quantitative estimate of drug-likeness (QED) is 0.829. The average molecular weight is 276 g/mol. The molecule has 0 unspecified atom stereocenters. The van der Waals surface area contributed by atoms with E-state index >= 15 is 0 Å². The van der Waals surface area contributed by atoms with Gasteiger partial charge in [0.1, 0.15) is 0 Å². The lowest BCUT2D eigenvalue weighted by Crippen LogP contribution is -2.20. The van der Waals surface area contributed by atoms with Gasteiger partial charge in [0.05, 0.1) is 12.2 Å². The minimum absolute atomic E-state index is 0.358. The summed E-state index contributed by atoms with van der Waals surface area (Å²) in [5.74, 6) is 0.128. The average Bonchev–Trinajstić information content (AvgIpc) is 2.45. The standard InChI is InChI=1S/C15H20N2O3/c16-15(19)17-13-8-4-7-12(9-13)14(18)20-10-11-5-2-1-3-6-11/h4,7-9,11H,1-3,5-6,10H2,(H3,16,17,19). The summed E-state index contributed by atoms with van der Waals surface area (Å²) in [5, 5.41) is 2.44. The van der Waals surface area contributed by atoms with E-state index in [1.165, 1.54) is 19.3 Å². The highest BCUT2D eigenvalue weighted by atomic mass is 16.5. The van der Waals surface area contributed by atoms with Crippen LogP contribution < -0.4 is 11.1 Å². The molecule has 3 N–H and O–H groups in total. The van der Waals surface area contributed by atoms with Gasteiger partial charge in [0, 0.05) is 5.69 Å². The van der Waals surface area contributed by atoms with E-state index in [4.69, 9.17) is 10.5 Å². The summed E-state index contributed by atoms with van der Waals surface area (Å²) in [6.45, 7) is 0.478. The van der Waals surface area contributed by atoms with Crippen molar-refractivity contribution in [1.82, 2.24) is 0 Å². The largest absolute Gasteiger partial charge is 0.462 e. The molecule has 0 spiro atoms. The third-order valence-corrected chi connectivity index (χ3v) is 3.54. The molecule has 20 heavy (non-hydrogen) atoms. The predicted molar refractivity (Wildman–Crippen MR) is 76.5 cm³/mol. The maximum atomic E-state index is 12.0. The fourth-order valence-electron chi connectivity index (χ4n) is 2.50. The van der Waals surface area contributed by atoms with Crippen LogP contribution in [0.5, 0.6) is 0 Å². The molecule has 5 heteroatoms. The molecule has 0 saturated heterocycles. The van der Waals surface area contributed by atoms with Crippen LogP contribution in [0.3, 0.4) is 0 Å². The summed E-state index contributed by atoms with van der Waals surface area (Å²) in [7, 11) is 0. The van der Waals surface area contributed by atoms with Crippen molar-refractivity contribution in [2.24, 2.45) is 11.7 Å². The summed E-state index contributed by atoms with van der Waals surface area (Å²) in [5.41, 5.74) is 5.95. The number of primary amides is 1. The summed E-state index contributed by atoms with van der Waals surface area (Å²) in [4.78, 5) is 22.7. The van der Waals surface area contributed by atoms with Gasteiger partial charge >= 0.3 is 12.0 Å². The van der Waals surface area contributed by atoms with Crippen LogP contribution in [0, 0.1) is 5.92 Å². The SMILES string of the molecule is NC(=O)Nc1cccc(C(=O)OCC2CCCCC2)c1. The number of anilines is 1. The Bertz CT molecular complexity index is 482. The molecular formula is C15H20N2O3. The molecule has 0 bridgehead atoms. The highest BCUT2D eigenvalue weighted by molar-refractivity contribution is 5.93. The lowest BCUT2D eigenvalue weighted by molar-refractivity contribution is 0.0410. The first-order valence-corrected chi connectivity index (χ1v) is 6.99. The molecule has 5 nitrogen and oxygen atoms in total. The smallest absolute Gasteiger partial charge is 0.338 e. The number of esters is 1. The van der Waals surface area contributed by atoms with E-state index in [1.54, 1.807) is 24.3 Å². The Hall–Kier alpha value is -2.04. The van der Waals surface area contributed by atoms with Crippen LogP contribution in [0.4, 0.5) is 10.5 Å². The van der Waals surface area contributed by atoms with E-state index in [1.807, 2.05) is 0 Å². The molecule has 1 saturated carbocycles. The van der Waals surface area contributed by atoms with Gasteiger partial charge in [0.25, 0.3) is 0 Å². The molecule has 0 radical (unpaired) electrons. The first-order valence-electron chi connectivity index (χ1n) is 6.99. The first-order chi connectivity index (χ1) is 9.65. The number of carbonyl (C=O) groups excluding carboxylic acids is 2. The molecule has 108 valence electrons. The van der Waals surface area contributed by atoms with Crippen molar-refractivity contribution < 1.29 is 14.3 Å². The number of hydrogen-bond acceptors (Lipinski definition) is 3. The Morgan fingerprint density at radius 3 is 2.70 bits per heavy atom. The van der Waals surface area contributed by atoms with Gasteiger partial charge in [-0.15, -0.1) is 0 Å². The van der Waals surface area contributed by atoms with Crippen LogP contribution in [0.15, 0.2) is 24.3 Å². The van der Waals surface area contributed by atoms with Gasteiger partial charge in [0.15, 0.2) is 0 Å². The molecule has 0 aliphatic heterocycles. The van der Waals surface area contributed by atoms with Crippen molar-refractivity contribution in [3.63, 3.8) is 0 Å². The Balaban J connectivity index is 1.89. The minimum atomic E-state index is -0.655. The molecule has 1 aliphatic rings. The fourth-order valence-corrected chi connectivity index (χ4v) is 2.50. The number of ether oxygens (including phenoxy) is 1. The summed E-state index contributed by atoms with van der Waals surface area (Å²) >= 11 is 0. The molecular weight excluding hydrogens is 256 g/mol. The second kappa shape index (κ2) is 6.93. The Morgan fingerprint density at radius 1 is 1.25 bits per heavy atom. The highest BCUT2D eigenvalue weighted by Gasteiger charge is 2.16. The maximum absolute atomic E-state index is 12.0. The van der Waals surface area contributed by atoms with E-state index in [9.17, 15) is 9.59 Å². The summed E-state index contributed by atoms with van der Waals surface area (Å²) < 4.78 is 5.34. The summed E-state index contributed by atoms with van der Waals surface area (Å²) in [6.07, 6.45) is 6.00. The van der Waals surface area contributed by atoms with Crippen molar-refractivity contribution >= 4 is 17.7 Å². The maximum Gasteiger partial charge on any atom is 0.338 e. The van der Waals surface area contributed by atoms with E-state index in [0.29, 0.717) is 23.8 Å². The van der Waals surface area contributed by atoms with Crippen molar-refractivity contribution in [1.29, 1.82) is 0 Å². The zero-order valence-corrected chi connectivity index (χ0v) is 11.4. The number of amides is 2. The number of nitrogens with one attached hydrogen (secondary N) is 1. The molecule has 0 aromatic heterocycles. The molecule has 1 fully saturated rings. The van der Waals surface area contributed by atoms with Gasteiger partial charge < -0.3 is 15.8 Å².